The fourth-order valence-electron chi connectivity index (χ4n) is 2.40. The Balaban J connectivity index is 1.81. The lowest BCUT2D eigenvalue weighted by Crippen LogP contribution is -2.51. The highest BCUT2D eigenvalue weighted by Gasteiger charge is 2.28. The normalized spacial score (nSPS) is 36.5. The van der Waals surface area contributed by atoms with Crippen LogP contribution in [-0.4, -0.2) is 30.7 Å². The van der Waals surface area contributed by atoms with Gasteiger partial charge in [-0.15, -0.1) is 0 Å². The van der Waals surface area contributed by atoms with E-state index >= 15 is 0 Å². The van der Waals surface area contributed by atoms with Crippen LogP contribution in [0, 0.1) is 0 Å². The van der Waals surface area contributed by atoms with Crippen molar-refractivity contribution in [3.05, 3.63) is 0 Å². The van der Waals surface area contributed by atoms with Gasteiger partial charge in [0.2, 0.25) is 5.91 Å². The molecule has 1 aliphatic carbocycles. The molecule has 1 amide bonds. The molecule has 2 fully saturated rings. The molecule has 0 radical (unpaired) electrons. The molecule has 0 unspecified atom stereocenters. The van der Waals surface area contributed by atoms with Crippen LogP contribution in [0.2, 0.25) is 0 Å². The number of hydrogen-bond acceptors (Lipinski definition) is 3. The maximum atomic E-state index is 11.8. The first-order chi connectivity index (χ1) is 7.27. The predicted octanol–water partition coefficient (Wildman–Crippen LogP) is 0.551. The zero-order valence-electron chi connectivity index (χ0n) is 9.08. The van der Waals surface area contributed by atoms with E-state index in [-0.39, 0.29) is 24.1 Å². The van der Waals surface area contributed by atoms with Gasteiger partial charge in [-0.3, -0.25) is 4.79 Å². The molecule has 15 heavy (non-hydrogen) atoms. The largest absolute Gasteiger partial charge is 0.368 e. The van der Waals surface area contributed by atoms with Gasteiger partial charge < -0.3 is 15.8 Å². The minimum Gasteiger partial charge on any atom is -0.368 e. The average Bonchev–Trinajstić information content (AvgIpc) is 2.74. The summed E-state index contributed by atoms with van der Waals surface area (Å²) in [6, 6.07) is 0.291. The lowest BCUT2D eigenvalue weighted by atomic mass is 9.91. The number of rotatable bonds is 2. The van der Waals surface area contributed by atoms with Crippen molar-refractivity contribution >= 4 is 5.91 Å². The van der Waals surface area contributed by atoms with Gasteiger partial charge in [0.1, 0.15) is 6.10 Å². The van der Waals surface area contributed by atoms with Gasteiger partial charge in [-0.05, 0) is 25.7 Å². The van der Waals surface area contributed by atoms with Gasteiger partial charge >= 0.3 is 0 Å². The highest BCUT2D eigenvalue weighted by molar-refractivity contribution is 5.81. The molecule has 2 rings (SSSR count). The number of hydrogen-bond donors (Lipinski definition) is 2. The quantitative estimate of drug-likeness (QED) is 0.702. The maximum Gasteiger partial charge on any atom is 0.249 e. The van der Waals surface area contributed by atoms with Gasteiger partial charge in [0.05, 0.1) is 0 Å². The zero-order chi connectivity index (χ0) is 10.7. The van der Waals surface area contributed by atoms with Crippen LogP contribution in [0.3, 0.4) is 0 Å². The summed E-state index contributed by atoms with van der Waals surface area (Å²) in [4.78, 5) is 11.8. The molecule has 0 aromatic carbocycles. The number of nitrogens with one attached hydrogen (secondary N) is 1. The van der Waals surface area contributed by atoms with Crippen molar-refractivity contribution in [2.24, 2.45) is 5.73 Å². The minimum atomic E-state index is -0.223. The van der Waals surface area contributed by atoms with Crippen molar-refractivity contribution in [1.29, 1.82) is 0 Å². The molecule has 4 heteroatoms. The first-order valence-corrected chi connectivity index (χ1v) is 5.95. The molecule has 1 heterocycles. The first kappa shape index (κ1) is 10.9. The van der Waals surface area contributed by atoms with E-state index in [9.17, 15) is 4.79 Å². The Morgan fingerprint density at radius 2 is 2.00 bits per heavy atom. The molecule has 0 aromatic heterocycles. The summed E-state index contributed by atoms with van der Waals surface area (Å²) in [6.07, 6.45) is 6.02. The van der Waals surface area contributed by atoms with E-state index in [2.05, 4.69) is 5.32 Å². The van der Waals surface area contributed by atoms with Gasteiger partial charge in [0.15, 0.2) is 0 Å². The SMILES string of the molecule is N[C@@H]1CCCC[C@H]1NC(=O)[C@H]1CCCO1. The minimum absolute atomic E-state index is 0.0369. The van der Waals surface area contributed by atoms with Crippen LogP contribution >= 0.6 is 0 Å². The molecule has 0 aromatic rings. The highest BCUT2D eigenvalue weighted by atomic mass is 16.5. The summed E-state index contributed by atoms with van der Waals surface area (Å²) in [7, 11) is 0. The third-order valence-corrected chi connectivity index (χ3v) is 3.37. The molecule has 4 nitrogen and oxygen atoms in total. The van der Waals surface area contributed by atoms with Gasteiger partial charge in [0.25, 0.3) is 0 Å². The third kappa shape index (κ3) is 2.69. The van der Waals surface area contributed by atoms with Crippen molar-refractivity contribution in [2.75, 3.05) is 6.61 Å². The number of carbonyl (C=O) groups excluding carboxylic acids is 1. The fraction of sp³-hybridized carbons (Fsp3) is 0.909. The Morgan fingerprint density at radius 1 is 1.20 bits per heavy atom. The van der Waals surface area contributed by atoms with E-state index in [0.29, 0.717) is 0 Å². The summed E-state index contributed by atoms with van der Waals surface area (Å²) < 4.78 is 5.34. The lowest BCUT2D eigenvalue weighted by molar-refractivity contribution is -0.131. The molecule has 3 atom stereocenters. The summed E-state index contributed by atoms with van der Waals surface area (Å²) in [5, 5.41) is 3.02. The Hall–Kier alpha value is -0.610. The van der Waals surface area contributed by atoms with Gasteiger partial charge in [0, 0.05) is 18.7 Å². The Morgan fingerprint density at radius 3 is 2.67 bits per heavy atom. The van der Waals surface area contributed by atoms with E-state index in [0.717, 1.165) is 32.3 Å². The van der Waals surface area contributed by atoms with Crippen LogP contribution in [0.4, 0.5) is 0 Å². The van der Waals surface area contributed by atoms with Crippen molar-refractivity contribution < 1.29 is 9.53 Å². The molecular weight excluding hydrogens is 192 g/mol. The van der Waals surface area contributed by atoms with Crippen LogP contribution in [-0.2, 0) is 9.53 Å². The number of amides is 1. The molecule has 86 valence electrons. The molecular formula is C11H20N2O2. The second-order valence-corrected chi connectivity index (χ2v) is 4.57. The molecule has 1 aliphatic heterocycles. The Labute approximate surface area is 90.5 Å². The maximum absolute atomic E-state index is 11.8. The Kier molecular flexibility index (Phi) is 3.59. The van der Waals surface area contributed by atoms with E-state index in [1.165, 1.54) is 12.8 Å². The second kappa shape index (κ2) is 4.94. The van der Waals surface area contributed by atoms with E-state index in [1.807, 2.05) is 0 Å². The average molecular weight is 212 g/mol. The standard InChI is InChI=1S/C11H20N2O2/c12-8-4-1-2-5-9(8)13-11(14)10-6-3-7-15-10/h8-10H,1-7,12H2,(H,13,14)/t8-,9-,10-/m1/s1. The van der Waals surface area contributed by atoms with Crippen LogP contribution in [0.5, 0.6) is 0 Å². The number of ether oxygens (including phenoxy) is 1. The molecule has 3 N–H and O–H groups in total. The van der Waals surface area contributed by atoms with Crippen LogP contribution in [0.25, 0.3) is 0 Å². The topological polar surface area (TPSA) is 64.3 Å². The van der Waals surface area contributed by atoms with Crippen LogP contribution in [0.1, 0.15) is 38.5 Å². The summed E-state index contributed by atoms with van der Waals surface area (Å²) >= 11 is 0. The number of nitrogens with two attached hydrogens (primary N) is 1. The van der Waals surface area contributed by atoms with Crippen molar-refractivity contribution in [3.63, 3.8) is 0 Å². The van der Waals surface area contributed by atoms with E-state index < -0.39 is 0 Å². The molecule has 1 saturated heterocycles. The molecule has 0 bridgehead atoms. The summed E-state index contributed by atoms with van der Waals surface area (Å²) in [5.74, 6) is 0.0369. The summed E-state index contributed by atoms with van der Waals surface area (Å²) in [6.45, 7) is 0.717. The van der Waals surface area contributed by atoms with E-state index in [1.54, 1.807) is 0 Å². The summed E-state index contributed by atoms with van der Waals surface area (Å²) in [5.41, 5.74) is 5.97. The van der Waals surface area contributed by atoms with Crippen molar-refractivity contribution in [2.45, 2.75) is 56.7 Å². The van der Waals surface area contributed by atoms with Gasteiger partial charge in [-0.2, -0.15) is 0 Å². The smallest absolute Gasteiger partial charge is 0.249 e. The monoisotopic (exact) mass is 212 g/mol. The Bertz CT molecular complexity index is 227. The van der Waals surface area contributed by atoms with Gasteiger partial charge in [-0.25, -0.2) is 0 Å². The molecule has 2 aliphatic rings. The first-order valence-electron chi connectivity index (χ1n) is 5.95. The number of carbonyl (C=O) groups is 1. The van der Waals surface area contributed by atoms with Crippen molar-refractivity contribution in [1.82, 2.24) is 5.32 Å². The van der Waals surface area contributed by atoms with Crippen LogP contribution in [0.15, 0.2) is 0 Å². The lowest BCUT2D eigenvalue weighted by Gasteiger charge is -2.30. The fourth-order valence-corrected chi connectivity index (χ4v) is 2.40. The highest BCUT2D eigenvalue weighted by Crippen LogP contribution is 2.18. The van der Waals surface area contributed by atoms with Crippen molar-refractivity contribution in [3.8, 4) is 0 Å². The van der Waals surface area contributed by atoms with Gasteiger partial charge in [-0.1, -0.05) is 12.8 Å². The molecule has 0 spiro atoms. The van der Waals surface area contributed by atoms with E-state index in [4.69, 9.17) is 10.5 Å². The third-order valence-electron chi connectivity index (χ3n) is 3.37. The predicted molar refractivity (Wildman–Crippen MR) is 57.3 cm³/mol. The van der Waals surface area contributed by atoms with Crippen LogP contribution < -0.4 is 11.1 Å². The second-order valence-electron chi connectivity index (χ2n) is 4.57. The molecule has 1 saturated carbocycles. The zero-order valence-corrected chi connectivity index (χ0v) is 9.08.